The fourth-order valence-electron chi connectivity index (χ4n) is 2.99. The Labute approximate surface area is 179 Å². The van der Waals surface area contributed by atoms with Crippen LogP contribution >= 0.6 is 0 Å². The molecule has 1 aromatic heterocycles. The molecule has 1 heterocycles. The Morgan fingerprint density at radius 2 is 1.45 bits per heavy atom. The van der Waals surface area contributed by atoms with Crippen molar-refractivity contribution < 1.29 is 33.5 Å². The molecule has 0 saturated carbocycles. The second kappa shape index (κ2) is 11.1. The lowest BCUT2D eigenvalue weighted by Gasteiger charge is -2.18. The quantitative estimate of drug-likeness (QED) is 0.241. The number of nitro groups is 1. The first-order valence-electron chi connectivity index (χ1n) is 9.40. The van der Waals surface area contributed by atoms with E-state index < -0.39 is 16.9 Å². The lowest BCUT2D eigenvalue weighted by Crippen LogP contribution is -2.19. The van der Waals surface area contributed by atoms with Crippen LogP contribution in [0.5, 0.6) is 0 Å². The highest BCUT2D eigenvalue weighted by atomic mass is 16.6. The van der Waals surface area contributed by atoms with Gasteiger partial charge >= 0.3 is 11.9 Å². The van der Waals surface area contributed by atoms with E-state index in [1.54, 1.807) is 19.9 Å². The highest BCUT2D eigenvalue weighted by molar-refractivity contribution is 6.07. The van der Waals surface area contributed by atoms with Crippen LogP contribution in [0.4, 0.5) is 5.69 Å². The second-order valence-electron chi connectivity index (χ2n) is 6.47. The van der Waals surface area contributed by atoms with E-state index >= 15 is 0 Å². The van der Waals surface area contributed by atoms with E-state index in [0.29, 0.717) is 17.0 Å². The van der Waals surface area contributed by atoms with Crippen LogP contribution in [0.2, 0.25) is 0 Å². The molecule has 10 nitrogen and oxygen atoms in total. The van der Waals surface area contributed by atoms with Gasteiger partial charge in [0.2, 0.25) is 0 Å². The van der Waals surface area contributed by atoms with E-state index in [-0.39, 0.29) is 48.8 Å². The van der Waals surface area contributed by atoms with E-state index in [9.17, 15) is 19.7 Å². The zero-order valence-electron chi connectivity index (χ0n) is 17.8. The van der Waals surface area contributed by atoms with Gasteiger partial charge in [-0.05, 0) is 19.4 Å². The van der Waals surface area contributed by atoms with Gasteiger partial charge < -0.3 is 18.9 Å². The van der Waals surface area contributed by atoms with Crippen LogP contribution in [-0.4, -0.2) is 62.5 Å². The third-order valence-electron chi connectivity index (χ3n) is 4.35. The minimum Gasteiger partial charge on any atom is -0.460 e. The molecule has 0 fully saturated rings. The maximum absolute atomic E-state index is 12.9. The van der Waals surface area contributed by atoms with Gasteiger partial charge in [0.25, 0.3) is 5.69 Å². The molecule has 31 heavy (non-hydrogen) atoms. The number of carbonyl (C=O) groups excluding carboxylic acids is 2. The molecular weight excluding hydrogens is 408 g/mol. The van der Waals surface area contributed by atoms with Crippen LogP contribution in [0.3, 0.4) is 0 Å². The summed E-state index contributed by atoms with van der Waals surface area (Å²) in [5, 5.41) is 11.3. The van der Waals surface area contributed by atoms with Crippen molar-refractivity contribution in [2.24, 2.45) is 0 Å². The molecule has 166 valence electrons. The summed E-state index contributed by atoms with van der Waals surface area (Å²) in [4.78, 5) is 40.8. The Kier molecular flexibility index (Phi) is 8.59. The predicted molar refractivity (Wildman–Crippen MR) is 110 cm³/mol. The molecule has 2 rings (SSSR count). The molecule has 0 aliphatic rings. The van der Waals surface area contributed by atoms with E-state index in [2.05, 4.69) is 4.98 Å². The molecule has 0 amide bonds. The van der Waals surface area contributed by atoms with Crippen molar-refractivity contribution in [1.29, 1.82) is 0 Å². The number of pyridine rings is 1. The third-order valence-corrected chi connectivity index (χ3v) is 4.35. The molecular formula is C21H24N2O8. The fraction of sp³-hybridized carbons (Fsp3) is 0.381. The van der Waals surface area contributed by atoms with E-state index in [1.807, 2.05) is 0 Å². The van der Waals surface area contributed by atoms with E-state index in [4.69, 9.17) is 18.9 Å². The molecule has 0 N–H and O–H groups in total. The first kappa shape index (κ1) is 23.9. The van der Waals surface area contributed by atoms with Crippen LogP contribution in [0.25, 0.3) is 11.1 Å². The number of ether oxygens (including phenoxy) is 4. The van der Waals surface area contributed by atoms with E-state index in [0.717, 1.165) is 0 Å². The highest BCUT2D eigenvalue weighted by Gasteiger charge is 2.28. The van der Waals surface area contributed by atoms with Gasteiger partial charge in [-0.15, -0.1) is 0 Å². The minimum atomic E-state index is -0.727. The van der Waals surface area contributed by atoms with Gasteiger partial charge in [0.1, 0.15) is 13.2 Å². The summed E-state index contributed by atoms with van der Waals surface area (Å²) in [7, 11) is 2.93. The Morgan fingerprint density at radius 1 is 0.935 bits per heavy atom. The number of esters is 2. The topological polar surface area (TPSA) is 127 Å². The van der Waals surface area contributed by atoms with Crippen LogP contribution in [0.15, 0.2) is 24.3 Å². The monoisotopic (exact) mass is 432 g/mol. The number of aryl methyl sites for hydroxylation is 2. The number of hydrogen-bond acceptors (Lipinski definition) is 9. The first-order chi connectivity index (χ1) is 14.8. The Morgan fingerprint density at radius 3 is 1.90 bits per heavy atom. The molecule has 2 aromatic rings. The number of non-ortho nitro benzene ring substituents is 1. The number of rotatable bonds is 10. The van der Waals surface area contributed by atoms with Gasteiger partial charge in [0.15, 0.2) is 0 Å². The van der Waals surface area contributed by atoms with Crippen LogP contribution < -0.4 is 0 Å². The fourth-order valence-corrected chi connectivity index (χ4v) is 2.99. The summed E-state index contributed by atoms with van der Waals surface area (Å²) in [6.45, 7) is 3.54. The SMILES string of the molecule is COCCOC(=O)c1c(C)nc(C)c(C(=O)OCCOC)c1-c1cccc([N+](=O)[O-])c1. The number of methoxy groups -OCH3 is 2. The van der Waals surface area contributed by atoms with E-state index in [1.165, 1.54) is 32.4 Å². The van der Waals surface area contributed by atoms with Crippen molar-refractivity contribution in [2.75, 3.05) is 40.6 Å². The predicted octanol–water partition coefficient (Wildman–Crippen LogP) is 2.88. The number of benzene rings is 1. The summed E-state index contributed by atoms with van der Waals surface area (Å²) in [5.41, 5.74) is 0.951. The Bertz CT molecular complexity index is 928. The molecule has 0 radical (unpaired) electrons. The van der Waals surface area contributed by atoms with Crippen molar-refractivity contribution >= 4 is 17.6 Å². The molecule has 1 aromatic carbocycles. The van der Waals surface area contributed by atoms with Crippen molar-refractivity contribution in [3.63, 3.8) is 0 Å². The number of aromatic nitrogens is 1. The van der Waals surface area contributed by atoms with Crippen LogP contribution in [0, 0.1) is 24.0 Å². The summed E-state index contributed by atoms with van der Waals surface area (Å²) >= 11 is 0. The number of carbonyl (C=O) groups is 2. The summed E-state index contributed by atoms with van der Waals surface area (Å²) in [6, 6.07) is 5.64. The second-order valence-corrected chi connectivity index (χ2v) is 6.47. The molecule has 0 atom stereocenters. The molecule has 0 bridgehead atoms. The first-order valence-corrected chi connectivity index (χ1v) is 9.40. The van der Waals surface area contributed by atoms with Gasteiger partial charge in [0.05, 0.1) is 40.7 Å². The molecule has 10 heteroatoms. The molecule has 0 aliphatic heterocycles. The molecule has 0 spiro atoms. The summed E-state index contributed by atoms with van der Waals surface area (Å²) < 4.78 is 20.3. The lowest BCUT2D eigenvalue weighted by atomic mass is 9.92. The number of nitrogens with zero attached hydrogens (tertiary/aromatic N) is 2. The standard InChI is InChI=1S/C21H24N2O8/c1-13-17(20(24)30-10-8-28-3)19(15-6-5-7-16(12-15)23(26)27)18(14(2)22-13)21(25)31-11-9-29-4/h5-7,12H,8-11H2,1-4H3. The van der Waals surface area contributed by atoms with Crippen molar-refractivity contribution in [1.82, 2.24) is 4.98 Å². The maximum atomic E-state index is 12.9. The molecule has 0 unspecified atom stereocenters. The van der Waals surface area contributed by atoms with Crippen molar-refractivity contribution in [2.45, 2.75) is 13.8 Å². The van der Waals surface area contributed by atoms with Gasteiger partial charge in [-0.1, -0.05) is 12.1 Å². The highest BCUT2D eigenvalue weighted by Crippen LogP contribution is 2.34. The zero-order chi connectivity index (χ0) is 23.0. The van der Waals surface area contributed by atoms with Gasteiger partial charge in [-0.25, -0.2) is 9.59 Å². The normalized spacial score (nSPS) is 10.6. The average molecular weight is 432 g/mol. The average Bonchev–Trinajstić information content (AvgIpc) is 2.73. The van der Waals surface area contributed by atoms with Gasteiger partial charge in [-0.2, -0.15) is 0 Å². The van der Waals surface area contributed by atoms with Gasteiger partial charge in [-0.3, -0.25) is 15.1 Å². The number of nitro benzene ring substituents is 1. The largest absolute Gasteiger partial charge is 0.460 e. The minimum absolute atomic E-state index is 0.00928. The van der Waals surface area contributed by atoms with Crippen molar-refractivity contribution in [3.05, 3.63) is 56.9 Å². The smallest absolute Gasteiger partial charge is 0.340 e. The summed E-state index contributed by atoms with van der Waals surface area (Å²) in [6.07, 6.45) is 0. The van der Waals surface area contributed by atoms with Crippen molar-refractivity contribution in [3.8, 4) is 11.1 Å². The Balaban J connectivity index is 2.70. The van der Waals surface area contributed by atoms with Crippen LogP contribution in [-0.2, 0) is 18.9 Å². The zero-order valence-corrected chi connectivity index (χ0v) is 17.8. The summed E-state index contributed by atoms with van der Waals surface area (Å²) in [5.74, 6) is -1.45. The third kappa shape index (κ3) is 5.83. The number of hydrogen-bond donors (Lipinski definition) is 0. The van der Waals surface area contributed by atoms with Gasteiger partial charge in [0, 0.05) is 31.9 Å². The molecule has 0 aliphatic carbocycles. The molecule has 0 saturated heterocycles. The van der Waals surface area contributed by atoms with Crippen LogP contribution in [0.1, 0.15) is 32.1 Å². The maximum Gasteiger partial charge on any atom is 0.340 e. The lowest BCUT2D eigenvalue weighted by molar-refractivity contribution is -0.384. The Hall–Kier alpha value is -3.37.